The molecular weight excluding hydrogens is 306 g/mol. The summed E-state index contributed by atoms with van der Waals surface area (Å²) in [6, 6.07) is 7.15. The number of rotatable bonds is 7. The molecule has 0 saturated heterocycles. The van der Waals surface area contributed by atoms with Crippen molar-refractivity contribution >= 4 is 21.4 Å². The fraction of sp³-hybridized carbons (Fsp3) is 0.625. The molecule has 21 heavy (non-hydrogen) atoms. The molecule has 5 heteroatoms. The van der Waals surface area contributed by atoms with Crippen molar-refractivity contribution in [1.82, 2.24) is 5.32 Å². The van der Waals surface area contributed by atoms with E-state index in [4.69, 9.17) is 11.6 Å². The molecule has 0 spiro atoms. The lowest BCUT2D eigenvalue weighted by molar-refractivity contribution is 0.388. The molecule has 1 aliphatic carbocycles. The van der Waals surface area contributed by atoms with E-state index in [0.717, 1.165) is 24.9 Å². The lowest BCUT2D eigenvalue weighted by Crippen LogP contribution is -2.41. The Labute approximate surface area is 133 Å². The standard InChI is InChI=1S/C16H24ClNO2S/c1-2-18-16(14-5-3-4-6-14)12-21(19,20)11-13-7-9-15(17)10-8-13/h7-10,14,16,18H,2-6,11-12H2,1H3. The van der Waals surface area contributed by atoms with Gasteiger partial charge in [-0.3, -0.25) is 0 Å². The van der Waals surface area contributed by atoms with E-state index in [1.807, 2.05) is 6.92 Å². The van der Waals surface area contributed by atoms with Crippen LogP contribution in [-0.2, 0) is 15.6 Å². The van der Waals surface area contributed by atoms with Gasteiger partial charge in [-0.15, -0.1) is 0 Å². The van der Waals surface area contributed by atoms with Gasteiger partial charge >= 0.3 is 0 Å². The summed E-state index contributed by atoms with van der Waals surface area (Å²) < 4.78 is 24.9. The zero-order valence-electron chi connectivity index (χ0n) is 12.5. The summed E-state index contributed by atoms with van der Waals surface area (Å²) in [5.41, 5.74) is 0.807. The van der Waals surface area contributed by atoms with Crippen LogP contribution in [0.2, 0.25) is 5.02 Å². The van der Waals surface area contributed by atoms with Gasteiger partial charge in [-0.05, 0) is 43.0 Å². The van der Waals surface area contributed by atoms with Crippen molar-refractivity contribution in [2.45, 2.75) is 44.4 Å². The molecule has 1 unspecified atom stereocenters. The average Bonchev–Trinajstić information content (AvgIpc) is 2.94. The fourth-order valence-corrected chi connectivity index (χ4v) is 5.03. The lowest BCUT2D eigenvalue weighted by atomic mass is 10.00. The second-order valence-corrected chi connectivity index (χ2v) is 8.44. The van der Waals surface area contributed by atoms with Crippen molar-refractivity contribution in [1.29, 1.82) is 0 Å². The van der Waals surface area contributed by atoms with Crippen molar-refractivity contribution in [2.24, 2.45) is 5.92 Å². The smallest absolute Gasteiger partial charge is 0.155 e. The van der Waals surface area contributed by atoms with E-state index in [-0.39, 0.29) is 17.5 Å². The highest BCUT2D eigenvalue weighted by Gasteiger charge is 2.28. The molecule has 0 amide bonds. The van der Waals surface area contributed by atoms with Crippen LogP contribution in [-0.4, -0.2) is 26.8 Å². The van der Waals surface area contributed by atoms with E-state index in [1.54, 1.807) is 24.3 Å². The third kappa shape index (κ3) is 5.28. The first-order valence-electron chi connectivity index (χ1n) is 7.68. The number of halogens is 1. The molecule has 118 valence electrons. The summed E-state index contributed by atoms with van der Waals surface area (Å²) in [5, 5.41) is 4.01. The van der Waals surface area contributed by atoms with Gasteiger partial charge in [0, 0.05) is 11.1 Å². The van der Waals surface area contributed by atoms with Crippen LogP contribution in [0.15, 0.2) is 24.3 Å². The molecule has 0 radical (unpaired) electrons. The third-order valence-electron chi connectivity index (χ3n) is 4.17. The van der Waals surface area contributed by atoms with Crippen molar-refractivity contribution in [2.75, 3.05) is 12.3 Å². The molecule has 0 heterocycles. The Morgan fingerprint density at radius 3 is 2.43 bits per heavy atom. The Morgan fingerprint density at radius 1 is 1.24 bits per heavy atom. The van der Waals surface area contributed by atoms with Gasteiger partial charge in [0.15, 0.2) is 9.84 Å². The van der Waals surface area contributed by atoms with Gasteiger partial charge in [0.05, 0.1) is 11.5 Å². The number of hydrogen-bond acceptors (Lipinski definition) is 3. The maximum Gasteiger partial charge on any atom is 0.155 e. The van der Waals surface area contributed by atoms with Gasteiger partial charge in [0.25, 0.3) is 0 Å². The molecule has 1 aromatic carbocycles. The average molecular weight is 330 g/mol. The van der Waals surface area contributed by atoms with Crippen LogP contribution < -0.4 is 5.32 Å². The second-order valence-electron chi connectivity index (χ2n) is 5.89. The molecule has 1 fully saturated rings. The molecule has 1 N–H and O–H groups in total. The third-order valence-corrected chi connectivity index (χ3v) is 6.06. The van der Waals surface area contributed by atoms with Crippen molar-refractivity contribution in [3.63, 3.8) is 0 Å². The first kappa shape index (κ1) is 16.8. The van der Waals surface area contributed by atoms with Crippen LogP contribution in [0.1, 0.15) is 38.2 Å². The Kier molecular flexibility index (Phi) is 6.08. The molecule has 1 aliphatic rings. The largest absolute Gasteiger partial charge is 0.313 e. The van der Waals surface area contributed by atoms with E-state index in [2.05, 4.69) is 5.32 Å². The maximum absolute atomic E-state index is 12.5. The van der Waals surface area contributed by atoms with Crippen LogP contribution in [0.25, 0.3) is 0 Å². The number of hydrogen-bond donors (Lipinski definition) is 1. The van der Waals surface area contributed by atoms with Crippen molar-refractivity contribution in [3.8, 4) is 0 Å². The highest BCUT2D eigenvalue weighted by Crippen LogP contribution is 2.28. The molecular formula is C16H24ClNO2S. The predicted molar refractivity (Wildman–Crippen MR) is 88.4 cm³/mol. The van der Waals surface area contributed by atoms with Crippen molar-refractivity contribution in [3.05, 3.63) is 34.9 Å². The molecule has 1 saturated carbocycles. The fourth-order valence-electron chi connectivity index (χ4n) is 3.15. The van der Waals surface area contributed by atoms with E-state index >= 15 is 0 Å². The summed E-state index contributed by atoms with van der Waals surface area (Å²) in [6.07, 6.45) is 4.75. The Hall–Kier alpha value is -0.580. The van der Waals surface area contributed by atoms with Crippen LogP contribution in [0, 0.1) is 5.92 Å². The van der Waals surface area contributed by atoms with Gasteiger partial charge in [-0.2, -0.15) is 0 Å². The molecule has 1 atom stereocenters. The SMILES string of the molecule is CCNC(CS(=O)(=O)Cc1ccc(Cl)cc1)C1CCCC1. The molecule has 0 bridgehead atoms. The molecule has 0 aromatic heterocycles. The zero-order valence-corrected chi connectivity index (χ0v) is 14.1. The van der Waals surface area contributed by atoms with Crippen LogP contribution in [0.5, 0.6) is 0 Å². The van der Waals surface area contributed by atoms with Crippen molar-refractivity contribution < 1.29 is 8.42 Å². The maximum atomic E-state index is 12.5. The Bertz CT molecular complexity index is 536. The number of nitrogens with one attached hydrogen (secondary N) is 1. The van der Waals surface area contributed by atoms with Gasteiger partial charge in [-0.1, -0.05) is 43.5 Å². The number of benzene rings is 1. The van der Waals surface area contributed by atoms with Gasteiger partial charge < -0.3 is 5.32 Å². The van der Waals surface area contributed by atoms with E-state index in [1.165, 1.54) is 12.8 Å². The normalized spacial score (nSPS) is 18.0. The quantitative estimate of drug-likeness (QED) is 0.833. The van der Waals surface area contributed by atoms with Gasteiger partial charge in [0.2, 0.25) is 0 Å². The highest BCUT2D eigenvalue weighted by molar-refractivity contribution is 7.90. The summed E-state index contributed by atoms with van der Waals surface area (Å²) in [5.74, 6) is 0.831. The van der Waals surface area contributed by atoms with E-state index in [0.29, 0.717) is 10.9 Å². The monoisotopic (exact) mass is 329 g/mol. The zero-order chi connectivity index (χ0) is 15.3. The molecule has 2 rings (SSSR count). The molecule has 1 aromatic rings. The summed E-state index contributed by atoms with van der Waals surface area (Å²) in [7, 11) is -3.11. The number of sulfone groups is 1. The minimum absolute atomic E-state index is 0.0924. The predicted octanol–water partition coefficient (Wildman–Crippen LogP) is 3.42. The molecule has 3 nitrogen and oxygen atoms in total. The summed E-state index contributed by atoms with van der Waals surface area (Å²) in [6.45, 7) is 2.85. The van der Waals surface area contributed by atoms with Crippen LogP contribution in [0.4, 0.5) is 0 Å². The molecule has 0 aliphatic heterocycles. The summed E-state index contributed by atoms with van der Waals surface area (Å²) >= 11 is 5.84. The van der Waals surface area contributed by atoms with Crippen LogP contribution >= 0.6 is 11.6 Å². The van der Waals surface area contributed by atoms with Crippen LogP contribution in [0.3, 0.4) is 0 Å². The second kappa shape index (κ2) is 7.61. The van der Waals surface area contributed by atoms with E-state index in [9.17, 15) is 8.42 Å². The van der Waals surface area contributed by atoms with Gasteiger partial charge in [-0.25, -0.2) is 8.42 Å². The topological polar surface area (TPSA) is 46.2 Å². The highest BCUT2D eigenvalue weighted by atomic mass is 35.5. The minimum Gasteiger partial charge on any atom is -0.313 e. The van der Waals surface area contributed by atoms with Gasteiger partial charge in [0.1, 0.15) is 0 Å². The Morgan fingerprint density at radius 2 is 1.86 bits per heavy atom. The minimum atomic E-state index is -3.11. The van der Waals surface area contributed by atoms with E-state index < -0.39 is 9.84 Å². The Balaban J connectivity index is 2.01. The summed E-state index contributed by atoms with van der Waals surface area (Å²) in [4.78, 5) is 0. The first-order chi connectivity index (χ1) is 10.00. The lowest BCUT2D eigenvalue weighted by Gasteiger charge is -2.24. The first-order valence-corrected chi connectivity index (χ1v) is 9.88.